The fourth-order valence-corrected chi connectivity index (χ4v) is 3.15. The fraction of sp³-hybridized carbons (Fsp3) is 0.111. The molecule has 25 heavy (non-hydrogen) atoms. The van der Waals surface area contributed by atoms with Crippen molar-refractivity contribution >= 4 is 10.1 Å². The molecule has 0 aliphatic rings. The predicted octanol–water partition coefficient (Wildman–Crippen LogP) is 2.17. The quantitative estimate of drug-likeness (QED) is 0.679. The highest BCUT2D eigenvalue weighted by Gasteiger charge is 2.32. The van der Waals surface area contributed by atoms with Gasteiger partial charge in [0, 0.05) is 18.8 Å². The van der Waals surface area contributed by atoms with Crippen LogP contribution in [-0.2, 0) is 22.1 Å². The Morgan fingerprint density at radius 3 is 1.80 bits per heavy atom. The van der Waals surface area contributed by atoms with Crippen molar-refractivity contribution in [1.82, 2.24) is 9.97 Å². The zero-order chi connectivity index (χ0) is 17.9. The van der Waals surface area contributed by atoms with Gasteiger partial charge in [0.15, 0.2) is 0 Å². The van der Waals surface area contributed by atoms with Crippen LogP contribution in [0.25, 0.3) is 0 Å². The third kappa shape index (κ3) is 3.74. The van der Waals surface area contributed by atoms with E-state index < -0.39 is 15.7 Å². The van der Waals surface area contributed by atoms with Crippen LogP contribution in [0, 0.1) is 0 Å². The topological polar surface area (TPSA) is 106 Å². The minimum Gasteiger partial charge on any atom is -0.315 e. The monoisotopic (exact) mass is 355 g/mol. The van der Waals surface area contributed by atoms with Gasteiger partial charge in [-0.25, -0.2) is 0 Å². The van der Waals surface area contributed by atoms with Crippen LogP contribution < -0.4 is 5.73 Å². The second-order valence-electron chi connectivity index (χ2n) is 5.70. The highest BCUT2D eigenvalue weighted by molar-refractivity contribution is 7.85. The van der Waals surface area contributed by atoms with Crippen molar-refractivity contribution < 1.29 is 13.0 Å². The lowest BCUT2D eigenvalue weighted by Crippen LogP contribution is -2.41. The van der Waals surface area contributed by atoms with Crippen LogP contribution >= 0.6 is 0 Å². The minimum absolute atomic E-state index is 0.158. The molecule has 3 aromatic rings. The molecule has 1 aromatic carbocycles. The van der Waals surface area contributed by atoms with Crippen molar-refractivity contribution in [3.8, 4) is 0 Å². The summed E-state index contributed by atoms with van der Waals surface area (Å²) < 4.78 is 31.5. The Kier molecular flexibility index (Phi) is 4.63. The number of rotatable bonds is 5. The summed E-state index contributed by atoms with van der Waals surface area (Å²) in [4.78, 5) is 8.60. The third-order valence-corrected chi connectivity index (χ3v) is 4.82. The molecule has 3 rings (SSSR count). The Morgan fingerprint density at radius 1 is 0.880 bits per heavy atom. The smallest absolute Gasteiger partial charge is 0.294 e. The summed E-state index contributed by atoms with van der Waals surface area (Å²) in [5.74, 6) is 0. The number of benzene rings is 1. The molecule has 128 valence electrons. The first-order chi connectivity index (χ1) is 11.9. The fourth-order valence-electron chi connectivity index (χ4n) is 2.67. The molecular formula is C18H17N3O3S. The van der Waals surface area contributed by atoms with Crippen molar-refractivity contribution in [3.05, 3.63) is 90.0 Å². The van der Waals surface area contributed by atoms with E-state index in [4.69, 9.17) is 10.3 Å². The first-order valence-corrected chi connectivity index (χ1v) is 9.02. The number of pyridine rings is 2. The van der Waals surface area contributed by atoms with Crippen molar-refractivity contribution in [3.63, 3.8) is 0 Å². The van der Waals surface area contributed by atoms with Gasteiger partial charge in [-0.1, -0.05) is 24.3 Å². The summed E-state index contributed by atoms with van der Waals surface area (Å²) >= 11 is 0. The Morgan fingerprint density at radius 2 is 1.40 bits per heavy atom. The molecule has 0 aliphatic carbocycles. The van der Waals surface area contributed by atoms with E-state index in [1.807, 2.05) is 36.4 Å². The lowest BCUT2D eigenvalue weighted by atomic mass is 9.84. The summed E-state index contributed by atoms with van der Waals surface area (Å²) in [6.07, 6.45) is 3.70. The average Bonchev–Trinajstić information content (AvgIpc) is 2.63. The van der Waals surface area contributed by atoms with E-state index >= 15 is 0 Å². The molecular weight excluding hydrogens is 338 g/mol. The van der Waals surface area contributed by atoms with Crippen molar-refractivity contribution in [2.75, 3.05) is 0 Å². The number of hydrogen-bond acceptors (Lipinski definition) is 5. The number of aromatic nitrogens is 2. The van der Waals surface area contributed by atoms with Crippen LogP contribution in [0.4, 0.5) is 0 Å². The molecule has 0 saturated carbocycles. The molecule has 2 aromatic heterocycles. The van der Waals surface area contributed by atoms with Gasteiger partial charge in [0.2, 0.25) is 0 Å². The Hall–Kier alpha value is -2.61. The molecule has 0 spiro atoms. The van der Waals surface area contributed by atoms with Crippen LogP contribution in [0.15, 0.2) is 78.0 Å². The molecule has 2 heterocycles. The van der Waals surface area contributed by atoms with Gasteiger partial charge in [0.25, 0.3) is 10.1 Å². The van der Waals surface area contributed by atoms with Gasteiger partial charge in [-0.15, -0.1) is 0 Å². The van der Waals surface area contributed by atoms with Crippen LogP contribution in [0.1, 0.15) is 17.0 Å². The molecule has 0 aliphatic heterocycles. The van der Waals surface area contributed by atoms with E-state index in [-0.39, 0.29) is 4.90 Å². The average molecular weight is 355 g/mol. The van der Waals surface area contributed by atoms with E-state index in [0.29, 0.717) is 17.8 Å². The van der Waals surface area contributed by atoms with Gasteiger partial charge in [-0.05, 0) is 42.0 Å². The predicted molar refractivity (Wildman–Crippen MR) is 93.4 cm³/mol. The highest BCUT2D eigenvalue weighted by Crippen LogP contribution is 2.28. The highest BCUT2D eigenvalue weighted by atomic mass is 32.2. The van der Waals surface area contributed by atoms with Gasteiger partial charge in [0.05, 0.1) is 16.3 Å². The van der Waals surface area contributed by atoms with Gasteiger partial charge in [-0.3, -0.25) is 14.5 Å². The first kappa shape index (κ1) is 17.2. The first-order valence-electron chi connectivity index (χ1n) is 7.58. The number of nitrogens with two attached hydrogens (primary N) is 1. The van der Waals surface area contributed by atoms with Crippen molar-refractivity contribution in [1.29, 1.82) is 0 Å². The summed E-state index contributed by atoms with van der Waals surface area (Å²) in [6.45, 7) is 0. The molecule has 0 radical (unpaired) electrons. The van der Waals surface area contributed by atoms with Gasteiger partial charge < -0.3 is 5.73 Å². The second-order valence-corrected chi connectivity index (χ2v) is 7.12. The van der Waals surface area contributed by atoms with E-state index in [2.05, 4.69) is 9.97 Å². The lowest BCUT2D eigenvalue weighted by Gasteiger charge is -2.28. The van der Waals surface area contributed by atoms with E-state index in [1.165, 1.54) is 12.1 Å². The maximum absolute atomic E-state index is 11.2. The molecule has 0 bridgehead atoms. The zero-order valence-corrected chi connectivity index (χ0v) is 14.1. The Labute approximate surface area is 146 Å². The third-order valence-electron chi connectivity index (χ3n) is 3.95. The molecule has 7 heteroatoms. The van der Waals surface area contributed by atoms with Crippen LogP contribution in [-0.4, -0.2) is 22.9 Å². The van der Waals surface area contributed by atoms with Crippen LogP contribution in [0.5, 0.6) is 0 Å². The summed E-state index contributed by atoms with van der Waals surface area (Å²) in [5.41, 5.74) is 7.85. The molecule has 0 fully saturated rings. The van der Waals surface area contributed by atoms with Gasteiger partial charge in [0.1, 0.15) is 5.54 Å². The molecule has 0 saturated heterocycles. The van der Waals surface area contributed by atoms with Gasteiger partial charge in [-0.2, -0.15) is 8.42 Å². The normalized spacial score (nSPS) is 12.1. The molecule has 6 nitrogen and oxygen atoms in total. The summed E-state index contributed by atoms with van der Waals surface area (Å²) in [5, 5.41) is 0. The molecule has 3 N–H and O–H groups in total. The Balaban J connectivity index is 2.02. The van der Waals surface area contributed by atoms with E-state index in [0.717, 1.165) is 5.56 Å². The summed E-state index contributed by atoms with van der Waals surface area (Å²) in [7, 11) is -4.22. The largest absolute Gasteiger partial charge is 0.315 e. The zero-order valence-electron chi connectivity index (χ0n) is 13.3. The maximum atomic E-state index is 11.2. The number of hydrogen-bond donors (Lipinski definition) is 2. The minimum atomic E-state index is -4.22. The standard InChI is InChI=1S/C18H17N3O3S/c19-18(16-5-1-3-11-20-16,17-6-2-4-12-21-17)13-14-7-9-15(10-8-14)25(22,23)24/h1-12H,13,19H2,(H,22,23,24). The molecule has 0 amide bonds. The van der Waals surface area contributed by atoms with Crippen LogP contribution in [0.2, 0.25) is 0 Å². The van der Waals surface area contributed by atoms with Crippen molar-refractivity contribution in [2.24, 2.45) is 5.73 Å². The lowest BCUT2D eigenvalue weighted by molar-refractivity contribution is 0.483. The number of nitrogens with zero attached hydrogens (tertiary/aromatic N) is 2. The van der Waals surface area contributed by atoms with E-state index in [9.17, 15) is 8.42 Å². The van der Waals surface area contributed by atoms with Gasteiger partial charge >= 0.3 is 0 Å². The summed E-state index contributed by atoms with van der Waals surface area (Å²) in [6, 6.07) is 16.9. The van der Waals surface area contributed by atoms with E-state index in [1.54, 1.807) is 24.5 Å². The second kappa shape index (κ2) is 6.72. The van der Waals surface area contributed by atoms with Crippen LogP contribution in [0.3, 0.4) is 0 Å². The van der Waals surface area contributed by atoms with Crippen molar-refractivity contribution in [2.45, 2.75) is 16.9 Å². The molecule has 0 unspecified atom stereocenters. The molecule has 0 atom stereocenters. The maximum Gasteiger partial charge on any atom is 0.294 e. The SMILES string of the molecule is NC(Cc1ccc(S(=O)(=O)O)cc1)(c1ccccn1)c1ccccn1. The Bertz CT molecular complexity index is 904.